The summed E-state index contributed by atoms with van der Waals surface area (Å²) in [5.74, 6) is -0.156. The molecule has 5 heteroatoms. The predicted octanol–water partition coefficient (Wildman–Crippen LogP) is 1.12. The standard InChI is InChI=1S/C12H15N3O2/c1-15-8-9(6-14-15)5-13-7-10-3-2-4-11(16)12(10)17/h2-4,6,8,13,16-17H,5,7H2,1H3. The smallest absolute Gasteiger partial charge is 0.161 e. The van der Waals surface area contributed by atoms with E-state index >= 15 is 0 Å². The number of hydrogen-bond acceptors (Lipinski definition) is 4. The van der Waals surface area contributed by atoms with Gasteiger partial charge < -0.3 is 15.5 Å². The van der Waals surface area contributed by atoms with Crippen LogP contribution in [0.25, 0.3) is 0 Å². The van der Waals surface area contributed by atoms with Crippen LogP contribution >= 0.6 is 0 Å². The number of nitrogens with one attached hydrogen (secondary N) is 1. The third kappa shape index (κ3) is 2.76. The molecule has 0 fully saturated rings. The zero-order valence-corrected chi connectivity index (χ0v) is 9.59. The van der Waals surface area contributed by atoms with E-state index in [2.05, 4.69) is 10.4 Å². The van der Waals surface area contributed by atoms with Crippen LogP contribution in [0.15, 0.2) is 30.6 Å². The summed E-state index contributed by atoms with van der Waals surface area (Å²) in [6.45, 7) is 1.16. The highest BCUT2D eigenvalue weighted by Gasteiger charge is 2.05. The molecule has 90 valence electrons. The molecule has 0 saturated heterocycles. The van der Waals surface area contributed by atoms with Gasteiger partial charge in [-0.2, -0.15) is 5.10 Å². The lowest BCUT2D eigenvalue weighted by Gasteiger charge is -2.06. The van der Waals surface area contributed by atoms with Crippen molar-refractivity contribution in [2.75, 3.05) is 0 Å². The monoisotopic (exact) mass is 233 g/mol. The van der Waals surface area contributed by atoms with E-state index in [9.17, 15) is 10.2 Å². The number of phenolic OH excluding ortho intramolecular Hbond substituents is 2. The van der Waals surface area contributed by atoms with Crippen LogP contribution in [0.4, 0.5) is 0 Å². The van der Waals surface area contributed by atoms with Gasteiger partial charge in [0.2, 0.25) is 0 Å². The first-order valence-corrected chi connectivity index (χ1v) is 5.35. The molecule has 0 amide bonds. The zero-order valence-electron chi connectivity index (χ0n) is 9.59. The molecule has 0 aliphatic carbocycles. The van der Waals surface area contributed by atoms with Gasteiger partial charge >= 0.3 is 0 Å². The number of aryl methyl sites for hydroxylation is 1. The van der Waals surface area contributed by atoms with E-state index in [0.717, 1.165) is 5.56 Å². The summed E-state index contributed by atoms with van der Waals surface area (Å²) in [6, 6.07) is 4.93. The Morgan fingerprint density at radius 3 is 2.82 bits per heavy atom. The van der Waals surface area contributed by atoms with Gasteiger partial charge in [0.05, 0.1) is 6.20 Å². The third-order valence-corrected chi connectivity index (χ3v) is 2.50. The highest BCUT2D eigenvalue weighted by atomic mass is 16.3. The summed E-state index contributed by atoms with van der Waals surface area (Å²) in [5.41, 5.74) is 1.75. The second-order valence-corrected chi connectivity index (χ2v) is 3.91. The lowest BCUT2D eigenvalue weighted by atomic mass is 10.2. The van der Waals surface area contributed by atoms with Crippen molar-refractivity contribution >= 4 is 0 Å². The van der Waals surface area contributed by atoms with Crippen molar-refractivity contribution in [1.29, 1.82) is 0 Å². The minimum Gasteiger partial charge on any atom is -0.504 e. The van der Waals surface area contributed by atoms with Crippen LogP contribution in [0.1, 0.15) is 11.1 Å². The number of aromatic nitrogens is 2. The minimum atomic E-state index is -0.0920. The van der Waals surface area contributed by atoms with Gasteiger partial charge in [0.25, 0.3) is 0 Å². The molecule has 0 bridgehead atoms. The Bertz CT molecular complexity index is 508. The molecule has 0 unspecified atom stereocenters. The SMILES string of the molecule is Cn1cc(CNCc2cccc(O)c2O)cn1. The van der Waals surface area contributed by atoms with E-state index < -0.39 is 0 Å². The summed E-state index contributed by atoms with van der Waals surface area (Å²) in [5, 5.41) is 26.2. The molecule has 1 aromatic carbocycles. The van der Waals surface area contributed by atoms with E-state index in [0.29, 0.717) is 18.7 Å². The third-order valence-electron chi connectivity index (χ3n) is 2.50. The zero-order chi connectivity index (χ0) is 12.3. The van der Waals surface area contributed by atoms with Crippen molar-refractivity contribution in [2.24, 2.45) is 7.05 Å². The molecule has 17 heavy (non-hydrogen) atoms. The number of para-hydroxylation sites is 1. The molecule has 1 aromatic heterocycles. The van der Waals surface area contributed by atoms with Crippen LogP contribution in [-0.4, -0.2) is 20.0 Å². The van der Waals surface area contributed by atoms with E-state index in [1.54, 1.807) is 23.0 Å². The van der Waals surface area contributed by atoms with Crippen LogP contribution in [0, 0.1) is 0 Å². The topological polar surface area (TPSA) is 70.3 Å². The average Bonchev–Trinajstić information content (AvgIpc) is 2.70. The maximum absolute atomic E-state index is 9.59. The Labute approximate surface area is 99.3 Å². The summed E-state index contributed by atoms with van der Waals surface area (Å²) in [7, 11) is 1.87. The lowest BCUT2D eigenvalue weighted by Crippen LogP contribution is -2.12. The van der Waals surface area contributed by atoms with Gasteiger partial charge in [0.15, 0.2) is 11.5 Å². The number of rotatable bonds is 4. The van der Waals surface area contributed by atoms with E-state index in [-0.39, 0.29) is 11.5 Å². The molecule has 3 N–H and O–H groups in total. The van der Waals surface area contributed by atoms with Gasteiger partial charge in [-0.05, 0) is 6.07 Å². The fraction of sp³-hybridized carbons (Fsp3) is 0.250. The molecule has 2 rings (SSSR count). The quantitative estimate of drug-likeness (QED) is 0.692. The van der Waals surface area contributed by atoms with Crippen molar-refractivity contribution in [3.05, 3.63) is 41.7 Å². The maximum atomic E-state index is 9.59. The van der Waals surface area contributed by atoms with Crippen LogP contribution in [-0.2, 0) is 20.1 Å². The fourth-order valence-electron chi connectivity index (χ4n) is 1.63. The van der Waals surface area contributed by atoms with Crippen LogP contribution in [0.2, 0.25) is 0 Å². The van der Waals surface area contributed by atoms with Gasteiger partial charge in [-0.25, -0.2) is 0 Å². The highest BCUT2D eigenvalue weighted by Crippen LogP contribution is 2.27. The molecule has 2 aromatic rings. The molecule has 0 aliphatic rings. The molecular weight excluding hydrogens is 218 g/mol. The molecule has 0 spiro atoms. The van der Waals surface area contributed by atoms with Crippen LogP contribution in [0.3, 0.4) is 0 Å². The summed E-state index contributed by atoms with van der Waals surface area (Å²) in [6.07, 6.45) is 3.71. The minimum absolute atomic E-state index is 0.0637. The Kier molecular flexibility index (Phi) is 3.30. The predicted molar refractivity (Wildman–Crippen MR) is 63.5 cm³/mol. The van der Waals surface area contributed by atoms with E-state index in [1.165, 1.54) is 6.07 Å². The lowest BCUT2D eigenvalue weighted by molar-refractivity contribution is 0.397. The first-order valence-electron chi connectivity index (χ1n) is 5.35. The Balaban J connectivity index is 1.92. The number of phenols is 2. The van der Waals surface area contributed by atoms with E-state index in [1.807, 2.05) is 13.2 Å². The molecule has 5 nitrogen and oxygen atoms in total. The largest absolute Gasteiger partial charge is 0.504 e. The fourth-order valence-corrected chi connectivity index (χ4v) is 1.63. The molecule has 0 saturated carbocycles. The van der Waals surface area contributed by atoms with Gasteiger partial charge in [0, 0.05) is 37.5 Å². The molecular formula is C12H15N3O2. The van der Waals surface area contributed by atoms with E-state index in [4.69, 9.17) is 0 Å². The summed E-state index contributed by atoms with van der Waals surface area (Å²) < 4.78 is 1.74. The normalized spacial score (nSPS) is 10.6. The number of benzene rings is 1. The first kappa shape index (κ1) is 11.5. The molecule has 0 radical (unpaired) electrons. The van der Waals surface area contributed by atoms with Crippen molar-refractivity contribution in [2.45, 2.75) is 13.1 Å². The van der Waals surface area contributed by atoms with Crippen molar-refractivity contribution in [1.82, 2.24) is 15.1 Å². The molecule has 0 aliphatic heterocycles. The number of aromatic hydroxyl groups is 2. The maximum Gasteiger partial charge on any atom is 0.161 e. The Morgan fingerprint density at radius 1 is 1.29 bits per heavy atom. The number of hydrogen-bond donors (Lipinski definition) is 3. The first-order chi connectivity index (χ1) is 8.16. The Hall–Kier alpha value is -2.01. The average molecular weight is 233 g/mol. The van der Waals surface area contributed by atoms with Gasteiger partial charge in [0.1, 0.15) is 0 Å². The summed E-state index contributed by atoms with van der Waals surface area (Å²) >= 11 is 0. The Morgan fingerprint density at radius 2 is 2.12 bits per heavy atom. The van der Waals surface area contributed by atoms with Gasteiger partial charge in [-0.15, -0.1) is 0 Å². The van der Waals surface area contributed by atoms with Crippen molar-refractivity contribution in [3.8, 4) is 11.5 Å². The molecule has 0 atom stereocenters. The molecule has 1 heterocycles. The van der Waals surface area contributed by atoms with Crippen LogP contribution in [0.5, 0.6) is 11.5 Å². The second-order valence-electron chi connectivity index (χ2n) is 3.91. The van der Waals surface area contributed by atoms with Crippen molar-refractivity contribution in [3.63, 3.8) is 0 Å². The highest BCUT2D eigenvalue weighted by molar-refractivity contribution is 5.44. The van der Waals surface area contributed by atoms with Gasteiger partial charge in [-0.1, -0.05) is 12.1 Å². The number of nitrogens with zero attached hydrogens (tertiary/aromatic N) is 2. The van der Waals surface area contributed by atoms with Crippen molar-refractivity contribution < 1.29 is 10.2 Å². The summed E-state index contributed by atoms with van der Waals surface area (Å²) in [4.78, 5) is 0. The van der Waals surface area contributed by atoms with Crippen LogP contribution < -0.4 is 5.32 Å². The van der Waals surface area contributed by atoms with Gasteiger partial charge in [-0.3, -0.25) is 4.68 Å². The second kappa shape index (κ2) is 4.88.